The maximum absolute atomic E-state index is 13.0. The van der Waals surface area contributed by atoms with Gasteiger partial charge in [-0.25, -0.2) is 4.98 Å². The van der Waals surface area contributed by atoms with Gasteiger partial charge in [0.1, 0.15) is 11.6 Å². The summed E-state index contributed by atoms with van der Waals surface area (Å²) in [6, 6.07) is 18.3. The number of aliphatic imine (C=N–C) groups is 1. The fraction of sp³-hybridized carbons (Fsp3) is 0.290. The van der Waals surface area contributed by atoms with Crippen LogP contribution in [-0.4, -0.2) is 59.5 Å². The van der Waals surface area contributed by atoms with E-state index in [9.17, 15) is 9.59 Å². The number of carbonyl (C=O) groups excluding carboxylic acids is 1. The number of fused-ring (bicyclic) bond motifs is 3. The van der Waals surface area contributed by atoms with E-state index < -0.39 is 0 Å². The molecule has 0 aliphatic carbocycles. The summed E-state index contributed by atoms with van der Waals surface area (Å²) in [6.45, 7) is 3.41. The Bertz CT molecular complexity index is 1660. The van der Waals surface area contributed by atoms with Gasteiger partial charge in [0.2, 0.25) is 0 Å². The molecule has 4 aromatic rings. The summed E-state index contributed by atoms with van der Waals surface area (Å²) < 4.78 is 19.0. The van der Waals surface area contributed by atoms with Gasteiger partial charge in [-0.05, 0) is 62.2 Å². The number of hydrogen-bond acceptors (Lipinski definition) is 7. The molecule has 3 heterocycles. The molecular weight excluding hydrogens is 508 g/mol. The Morgan fingerprint density at radius 1 is 0.975 bits per heavy atom. The minimum Gasteiger partial charge on any atom is -0.493 e. The lowest BCUT2D eigenvalue weighted by atomic mass is 10.1. The number of methoxy groups -OCH3 is 1. The molecule has 1 fully saturated rings. The maximum Gasteiger partial charge on any atom is 0.265 e. The Hall–Kier alpha value is -4.66. The molecule has 9 heteroatoms. The van der Waals surface area contributed by atoms with Crippen molar-refractivity contribution in [2.75, 3.05) is 26.9 Å². The van der Waals surface area contributed by atoms with Gasteiger partial charge in [-0.3, -0.25) is 19.1 Å². The second-order valence-corrected chi connectivity index (χ2v) is 9.87. The van der Waals surface area contributed by atoms with E-state index in [4.69, 9.17) is 14.2 Å². The van der Waals surface area contributed by atoms with E-state index in [1.165, 1.54) is 0 Å². The number of rotatable bonds is 8. The molecular formula is C31H30N4O5. The third kappa shape index (κ3) is 4.79. The van der Waals surface area contributed by atoms with Crippen LogP contribution < -0.4 is 19.8 Å². The first-order valence-corrected chi connectivity index (χ1v) is 13.4. The monoisotopic (exact) mass is 538 g/mol. The van der Waals surface area contributed by atoms with Crippen LogP contribution in [0.15, 0.2) is 70.5 Å². The minimum absolute atomic E-state index is 0.0174. The Morgan fingerprint density at radius 2 is 1.77 bits per heavy atom. The van der Waals surface area contributed by atoms with Gasteiger partial charge in [-0.1, -0.05) is 12.1 Å². The number of aromatic nitrogens is 2. The molecule has 1 atom stereocenters. The van der Waals surface area contributed by atoms with Crippen molar-refractivity contribution in [2.45, 2.75) is 32.2 Å². The highest BCUT2D eigenvalue weighted by Gasteiger charge is 2.32. The van der Waals surface area contributed by atoms with Crippen molar-refractivity contribution in [2.24, 2.45) is 4.99 Å². The van der Waals surface area contributed by atoms with Crippen LogP contribution in [0.4, 0.5) is 5.69 Å². The molecule has 40 heavy (non-hydrogen) atoms. The van der Waals surface area contributed by atoms with E-state index in [0.717, 1.165) is 25.1 Å². The average Bonchev–Trinajstić information content (AvgIpc) is 3.40. The van der Waals surface area contributed by atoms with E-state index in [0.29, 0.717) is 64.9 Å². The van der Waals surface area contributed by atoms with Crippen LogP contribution in [-0.2, 0) is 0 Å². The van der Waals surface area contributed by atoms with Gasteiger partial charge in [0, 0.05) is 25.2 Å². The van der Waals surface area contributed by atoms with Crippen molar-refractivity contribution in [1.29, 1.82) is 0 Å². The topological polar surface area (TPSA) is 95.2 Å². The van der Waals surface area contributed by atoms with Crippen molar-refractivity contribution < 1.29 is 19.0 Å². The summed E-state index contributed by atoms with van der Waals surface area (Å²) >= 11 is 0. The van der Waals surface area contributed by atoms with Crippen molar-refractivity contribution in [1.82, 2.24) is 14.5 Å². The van der Waals surface area contributed by atoms with Crippen molar-refractivity contribution >= 4 is 28.7 Å². The predicted molar refractivity (Wildman–Crippen MR) is 153 cm³/mol. The van der Waals surface area contributed by atoms with E-state index in [2.05, 4.69) is 9.98 Å². The fourth-order valence-electron chi connectivity index (χ4n) is 5.29. The van der Waals surface area contributed by atoms with E-state index in [1.54, 1.807) is 29.9 Å². The summed E-state index contributed by atoms with van der Waals surface area (Å²) in [5, 5.41) is 0.582. The van der Waals surface area contributed by atoms with Crippen LogP contribution in [0.1, 0.15) is 35.4 Å². The standard InChI is InChI=1S/C31H30N4O5/c1-20-33-26-9-4-3-8-24(26)31(37)35(20)21-10-12-23(13-11-21)39-15-6-16-40-29-18-27-25(17-28(29)38-2)30(36)34-14-5-7-22(34)19-32-27/h3-4,8-13,17-19,22H,5-7,14-16H2,1-2H3/t22-/m0/s1. The highest BCUT2D eigenvalue weighted by atomic mass is 16.5. The molecule has 2 aliphatic heterocycles. The first-order valence-electron chi connectivity index (χ1n) is 13.4. The molecule has 0 saturated carbocycles. The van der Waals surface area contributed by atoms with Crippen molar-refractivity contribution in [3.63, 3.8) is 0 Å². The SMILES string of the molecule is COc1cc2c(cc1OCCCOc1ccc(-n3c(C)nc4ccccc4c3=O)cc1)N=C[C@@H]1CCCN1C2=O. The number of nitrogens with zero attached hydrogens (tertiary/aromatic N) is 4. The maximum atomic E-state index is 13.0. The second kappa shape index (κ2) is 10.8. The molecule has 0 N–H and O–H groups in total. The largest absolute Gasteiger partial charge is 0.493 e. The zero-order valence-corrected chi connectivity index (χ0v) is 22.5. The summed E-state index contributed by atoms with van der Waals surface area (Å²) in [5.41, 5.74) is 2.45. The number of para-hydroxylation sites is 1. The summed E-state index contributed by atoms with van der Waals surface area (Å²) in [7, 11) is 1.56. The summed E-state index contributed by atoms with van der Waals surface area (Å²) in [4.78, 5) is 37.1. The van der Waals surface area contributed by atoms with E-state index in [1.807, 2.05) is 60.5 Å². The quantitative estimate of drug-likeness (QED) is 0.297. The molecule has 6 rings (SSSR count). The van der Waals surface area contributed by atoms with Crippen LogP contribution in [0.25, 0.3) is 16.6 Å². The number of ether oxygens (including phenoxy) is 3. The van der Waals surface area contributed by atoms with Crippen LogP contribution in [0.3, 0.4) is 0 Å². The third-order valence-corrected chi connectivity index (χ3v) is 7.31. The highest BCUT2D eigenvalue weighted by Crippen LogP contribution is 2.38. The summed E-state index contributed by atoms with van der Waals surface area (Å²) in [6.07, 6.45) is 4.42. The van der Waals surface area contributed by atoms with Crippen molar-refractivity contribution in [3.05, 3.63) is 82.4 Å². The number of aryl methyl sites for hydroxylation is 1. The predicted octanol–water partition coefficient (Wildman–Crippen LogP) is 4.87. The van der Waals surface area contributed by atoms with Gasteiger partial charge in [-0.15, -0.1) is 0 Å². The average molecular weight is 539 g/mol. The first-order chi connectivity index (χ1) is 19.5. The summed E-state index contributed by atoms with van der Waals surface area (Å²) in [5.74, 6) is 2.35. The lowest BCUT2D eigenvalue weighted by molar-refractivity contribution is 0.0774. The Labute approximate surface area is 231 Å². The Balaban J connectivity index is 1.07. The van der Waals surface area contributed by atoms with Crippen molar-refractivity contribution in [3.8, 4) is 22.9 Å². The second-order valence-electron chi connectivity index (χ2n) is 9.87. The highest BCUT2D eigenvalue weighted by molar-refractivity contribution is 6.03. The molecule has 9 nitrogen and oxygen atoms in total. The molecule has 1 amide bonds. The molecule has 1 aromatic heterocycles. The van der Waals surface area contributed by atoms with Gasteiger partial charge >= 0.3 is 0 Å². The lowest BCUT2D eigenvalue weighted by Crippen LogP contribution is -2.35. The molecule has 204 valence electrons. The van der Waals surface area contributed by atoms with Crippen LogP contribution >= 0.6 is 0 Å². The van der Waals surface area contributed by atoms with E-state index >= 15 is 0 Å². The molecule has 0 spiro atoms. The Morgan fingerprint density at radius 3 is 2.60 bits per heavy atom. The third-order valence-electron chi connectivity index (χ3n) is 7.31. The molecule has 0 unspecified atom stereocenters. The molecule has 0 bridgehead atoms. The molecule has 0 radical (unpaired) electrons. The first kappa shape index (κ1) is 25.6. The van der Waals surface area contributed by atoms with Gasteiger partial charge in [0.25, 0.3) is 11.5 Å². The van der Waals surface area contributed by atoms with Gasteiger partial charge in [0.15, 0.2) is 11.5 Å². The van der Waals surface area contributed by atoms with Crippen LogP contribution in [0, 0.1) is 6.92 Å². The molecule has 3 aromatic carbocycles. The zero-order chi connectivity index (χ0) is 27.6. The van der Waals surface area contributed by atoms with Gasteiger partial charge in [-0.2, -0.15) is 0 Å². The number of benzene rings is 3. The smallest absolute Gasteiger partial charge is 0.265 e. The fourth-order valence-corrected chi connectivity index (χ4v) is 5.29. The van der Waals surface area contributed by atoms with Crippen LogP contribution in [0.2, 0.25) is 0 Å². The van der Waals surface area contributed by atoms with Gasteiger partial charge in [0.05, 0.1) is 54.2 Å². The Kier molecular flexibility index (Phi) is 6.94. The van der Waals surface area contributed by atoms with E-state index in [-0.39, 0.29) is 17.5 Å². The van der Waals surface area contributed by atoms with Gasteiger partial charge < -0.3 is 19.1 Å². The number of carbonyl (C=O) groups is 1. The minimum atomic E-state index is -0.0995. The normalized spacial score (nSPS) is 16.0. The number of amides is 1. The lowest BCUT2D eigenvalue weighted by Gasteiger charge is -2.20. The van der Waals surface area contributed by atoms with Crippen LogP contribution in [0.5, 0.6) is 17.2 Å². The number of hydrogen-bond donors (Lipinski definition) is 0. The zero-order valence-electron chi connectivity index (χ0n) is 22.5. The molecule has 1 saturated heterocycles. The molecule has 2 aliphatic rings.